The summed E-state index contributed by atoms with van der Waals surface area (Å²) in [5, 5.41) is 2.93. The summed E-state index contributed by atoms with van der Waals surface area (Å²) < 4.78 is 0. The quantitative estimate of drug-likeness (QED) is 0.649. The number of para-hydroxylation sites is 1. The molecular weight excluding hydrogens is 398 g/mol. The van der Waals surface area contributed by atoms with Crippen molar-refractivity contribution in [3.8, 4) is 0 Å². The highest BCUT2D eigenvalue weighted by molar-refractivity contribution is 6.09. The van der Waals surface area contributed by atoms with Crippen LogP contribution in [-0.4, -0.2) is 42.9 Å². The van der Waals surface area contributed by atoms with Crippen LogP contribution in [0.25, 0.3) is 0 Å². The van der Waals surface area contributed by atoms with Crippen LogP contribution in [0.15, 0.2) is 66.7 Å². The van der Waals surface area contributed by atoms with Crippen LogP contribution in [0.4, 0.5) is 11.4 Å². The highest BCUT2D eigenvalue weighted by Gasteiger charge is 2.25. The second kappa shape index (κ2) is 9.27. The van der Waals surface area contributed by atoms with Gasteiger partial charge in [-0.25, -0.2) is 0 Å². The molecule has 0 atom stereocenters. The van der Waals surface area contributed by atoms with E-state index in [1.54, 1.807) is 18.2 Å². The molecule has 1 aliphatic heterocycles. The molecule has 1 saturated heterocycles. The fourth-order valence-electron chi connectivity index (χ4n) is 4.16. The molecule has 3 aromatic rings. The largest absolute Gasteiger partial charge is 0.368 e. The summed E-state index contributed by atoms with van der Waals surface area (Å²) in [6.07, 6.45) is 0. The molecule has 5 heteroatoms. The second-order valence-electron chi connectivity index (χ2n) is 8.37. The lowest BCUT2D eigenvalue weighted by Crippen LogP contribution is -2.49. The van der Waals surface area contributed by atoms with Crippen molar-refractivity contribution in [1.29, 1.82) is 0 Å². The maximum absolute atomic E-state index is 13.3. The molecule has 32 heavy (non-hydrogen) atoms. The Kier molecular flexibility index (Phi) is 6.26. The van der Waals surface area contributed by atoms with Gasteiger partial charge in [-0.05, 0) is 62.2 Å². The highest BCUT2D eigenvalue weighted by Crippen LogP contribution is 2.25. The van der Waals surface area contributed by atoms with E-state index in [4.69, 9.17) is 0 Å². The van der Waals surface area contributed by atoms with Gasteiger partial charge in [0.1, 0.15) is 0 Å². The summed E-state index contributed by atoms with van der Waals surface area (Å²) in [4.78, 5) is 30.3. The van der Waals surface area contributed by atoms with E-state index < -0.39 is 0 Å². The van der Waals surface area contributed by atoms with Gasteiger partial charge < -0.3 is 15.1 Å². The molecule has 1 heterocycles. The van der Waals surface area contributed by atoms with Crippen molar-refractivity contribution in [2.24, 2.45) is 0 Å². The number of piperazine rings is 1. The molecule has 4 rings (SSSR count). The number of rotatable bonds is 4. The van der Waals surface area contributed by atoms with Crippen molar-refractivity contribution in [3.05, 3.63) is 94.5 Å². The smallest absolute Gasteiger partial charge is 0.256 e. The minimum Gasteiger partial charge on any atom is -0.368 e. The first-order chi connectivity index (χ1) is 15.4. The monoisotopic (exact) mass is 427 g/mol. The van der Waals surface area contributed by atoms with E-state index in [0.29, 0.717) is 29.9 Å². The van der Waals surface area contributed by atoms with Crippen molar-refractivity contribution in [2.75, 3.05) is 36.4 Å². The van der Waals surface area contributed by atoms with Crippen LogP contribution in [0.5, 0.6) is 0 Å². The molecule has 1 aliphatic rings. The minimum atomic E-state index is -0.214. The molecule has 1 fully saturated rings. The van der Waals surface area contributed by atoms with E-state index in [9.17, 15) is 9.59 Å². The predicted molar refractivity (Wildman–Crippen MR) is 130 cm³/mol. The lowest BCUT2D eigenvalue weighted by atomic mass is 10.1. The van der Waals surface area contributed by atoms with Gasteiger partial charge in [-0.1, -0.05) is 42.0 Å². The van der Waals surface area contributed by atoms with E-state index in [1.165, 1.54) is 16.8 Å². The van der Waals surface area contributed by atoms with Gasteiger partial charge >= 0.3 is 0 Å². The summed E-state index contributed by atoms with van der Waals surface area (Å²) in [7, 11) is 0. The van der Waals surface area contributed by atoms with Crippen LogP contribution >= 0.6 is 0 Å². The molecule has 3 aromatic carbocycles. The average Bonchev–Trinajstić information content (AvgIpc) is 2.81. The van der Waals surface area contributed by atoms with Crippen molar-refractivity contribution in [1.82, 2.24) is 4.90 Å². The number of carbonyl (C=O) groups excluding carboxylic acids is 2. The van der Waals surface area contributed by atoms with E-state index in [1.807, 2.05) is 42.2 Å². The Bertz CT molecular complexity index is 1150. The predicted octanol–water partition coefficient (Wildman–Crippen LogP) is 4.83. The summed E-state index contributed by atoms with van der Waals surface area (Å²) in [5.41, 5.74) is 6.46. The first-order valence-electron chi connectivity index (χ1n) is 11.0. The minimum absolute atomic E-state index is 0.0502. The Morgan fingerprint density at radius 2 is 1.53 bits per heavy atom. The summed E-state index contributed by atoms with van der Waals surface area (Å²) in [6.45, 7) is 9.09. The van der Waals surface area contributed by atoms with Gasteiger partial charge in [0.15, 0.2) is 0 Å². The standard InChI is InChI=1S/C27H29N3O2/c1-19-8-6-10-22(18-19)26(31)28-24-12-5-4-11-23(24)27(32)30-16-14-29(15-17-30)25-13-7-9-20(2)21(25)3/h4-13,18H,14-17H2,1-3H3,(H,28,31). The van der Waals surface area contributed by atoms with Gasteiger partial charge in [-0.2, -0.15) is 0 Å². The Labute approximate surface area is 189 Å². The van der Waals surface area contributed by atoms with Gasteiger partial charge in [0.25, 0.3) is 11.8 Å². The van der Waals surface area contributed by atoms with Crippen LogP contribution in [0.1, 0.15) is 37.4 Å². The SMILES string of the molecule is Cc1cccc(C(=O)Nc2ccccc2C(=O)N2CCN(c3cccc(C)c3C)CC2)c1. The maximum Gasteiger partial charge on any atom is 0.256 e. The molecule has 2 amide bonds. The third-order valence-electron chi connectivity index (χ3n) is 6.17. The zero-order valence-corrected chi connectivity index (χ0v) is 18.9. The Morgan fingerprint density at radius 1 is 0.812 bits per heavy atom. The molecular formula is C27H29N3O2. The van der Waals surface area contributed by atoms with E-state index in [2.05, 4.69) is 42.3 Å². The fourth-order valence-corrected chi connectivity index (χ4v) is 4.16. The number of anilines is 2. The molecule has 1 N–H and O–H groups in total. The number of amides is 2. The Balaban J connectivity index is 1.46. The van der Waals surface area contributed by atoms with Crippen LogP contribution in [-0.2, 0) is 0 Å². The number of hydrogen-bond donors (Lipinski definition) is 1. The van der Waals surface area contributed by atoms with Gasteiger partial charge in [-0.3, -0.25) is 9.59 Å². The number of nitrogens with one attached hydrogen (secondary N) is 1. The number of nitrogens with zero attached hydrogens (tertiary/aromatic N) is 2. The van der Waals surface area contributed by atoms with Crippen LogP contribution in [0.2, 0.25) is 0 Å². The third-order valence-corrected chi connectivity index (χ3v) is 6.17. The van der Waals surface area contributed by atoms with Crippen molar-refractivity contribution in [3.63, 3.8) is 0 Å². The van der Waals surface area contributed by atoms with Crippen molar-refractivity contribution < 1.29 is 9.59 Å². The van der Waals surface area contributed by atoms with Crippen LogP contribution in [0, 0.1) is 20.8 Å². The van der Waals surface area contributed by atoms with Crippen LogP contribution < -0.4 is 10.2 Å². The van der Waals surface area contributed by atoms with Gasteiger partial charge in [-0.15, -0.1) is 0 Å². The maximum atomic E-state index is 13.3. The number of hydrogen-bond acceptors (Lipinski definition) is 3. The summed E-state index contributed by atoms with van der Waals surface area (Å²) in [6, 6.07) is 21.0. The molecule has 0 spiro atoms. The van der Waals surface area contributed by atoms with E-state index in [-0.39, 0.29) is 11.8 Å². The highest BCUT2D eigenvalue weighted by atomic mass is 16.2. The van der Waals surface area contributed by atoms with Gasteiger partial charge in [0, 0.05) is 37.4 Å². The molecule has 0 bridgehead atoms. The number of aryl methyl sites for hydroxylation is 2. The molecule has 0 aromatic heterocycles. The van der Waals surface area contributed by atoms with Crippen molar-refractivity contribution in [2.45, 2.75) is 20.8 Å². The van der Waals surface area contributed by atoms with Gasteiger partial charge in [0.2, 0.25) is 0 Å². The molecule has 5 nitrogen and oxygen atoms in total. The lowest BCUT2D eigenvalue weighted by Gasteiger charge is -2.37. The third kappa shape index (κ3) is 4.52. The zero-order valence-electron chi connectivity index (χ0n) is 18.9. The average molecular weight is 428 g/mol. The van der Waals surface area contributed by atoms with Gasteiger partial charge in [0.05, 0.1) is 11.3 Å². The molecule has 164 valence electrons. The number of carbonyl (C=O) groups is 2. The number of benzene rings is 3. The second-order valence-corrected chi connectivity index (χ2v) is 8.37. The first kappa shape index (κ1) is 21.6. The lowest BCUT2D eigenvalue weighted by molar-refractivity contribution is 0.0748. The Hall–Kier alpha value is -3.60. The van der Waals surface area contributed by atoms with E-state index in [0.717, 1.165) is 18.7 Å². The van der Waals surface area contributed by atoms with Crippen molar-refractivity contribution >= 4 is 23.2 Å². The zero-order chi connectivity index (χ0) is 22.7. The topological polar surface area (TPSA) is 52.7 Å². The Morgan fingerprint density at radius 3 is 2.28 bits per heavy atom. The molecule has 0 aliphatic carbocycles. The fraction of sp³-hybridized carbons (Fsp3) is 0.259. The summed E-state index contributed by atoms with van der Waals surface area (Å²) >= 11 is 0. The first-order valence-corrected chi connectivity index (χ1v) is 11.0. The molecule has 0 saturated carbocycles. The molecule has 0 radical (unpaired) electrons. The van der Waals surface area contributed by atoms with E-state index >= 15 is 0 Å². The normalized spacial score (nSPS) is 13.7. The van der Waals surface area contributed by atoms with Crippen LogP contribution in [0.3, 0.4) is 0 Å². The molecule has 0 unspecified atom stereocenters. The summed E-state index contributed by atoms with van der Waals surface area (Å²) in [5.74, 6) is -0.264.